The number of hydrogen-bond donors (Lipinski definition) is 2. The molecular weight excluding hydrogens is 223 g/mol. The van der Waals surface area contributed by atoms with Crippen LogP contribution in [0.2, 0.25) is 0 Å². The number of carbonyl (C=O) groups is 2. The van der Waals surface area contributed by atoms with Crippen molar-refractivity contribution < 1.29 is 14.0 Å². The summed E-state index contributed by atoms with van der Waals surface area (Å²) in [5.41, 5.74) is 6.54. The van der Waals surface area contributed by atoms with Crippen molar-refractivity contribution in [3.63, 3.8) is 0 Å². The number of anilines is 1. The summed E-state index contributed by atoms with van der Waals surface area (Å²) < 4.78 is 13.5. The van der Waals surface area contributed by atoms with Crippen LogP contribution in [0, 0.1) is 5.82 Å². The molecule has 0 aliphatic rings. The fraction of sp³-hybridized carbons (Fsp3) is 0.333. The third kappa shape index (κ3) is 2.81. The van der Waals surface area contributed by atoms with Crippen LogP contribution in [0.1, 0.15) is 25.0 Å². The van der Waals surface area contributed by atoms with E-state index in [2.05, 4.69) is 5.32 Å². The normalized spacial score (nSPS) is 10.1. The van der Waals surface area contributed by atoms with E-state index in [-0.39, 0.29) is 5.82 Å². The van der Waals surface area contributed by atoms with Crippen LogP contribution in [-0.2, 0) is 22.4 Å². The van der Waals surface area contributed by atoms with Gasteiger partial charge in [0.2, 0.25) is 0 Å². The molecule has 0 spiro atoms. The minimum atomic E-state index is -1.06. The molecule has 0 unspecified atom stereocenters. The summed E-state index contributed by atoms with van der Waals surface area (Å²) in [7, 11) is 0. The van der Waals surface area contributed by atoms with Crippen molar-refractivity contribution in [2.45, 2.75) is 26.7 Å². The molecule has 0 fully saturated rings. The van der Waals surface area contributed by atoms with Crippen molar-refractivity contribution in [1.82, 2.24) is 0 Å². The van der Waals surface area contributed by atoms with Crippen LogP contribution >= 0.6 is 0 Å². The average molecular weight is 238 g/mol. The molecule has 17 heavy (non-hydrogen) atoms. The zero-order chi connectivity index (χ0) is 13.0. The Labute approximate surface area is 99.0 Å². The lowest BCUT2D eigenvalue weighted by atomic mass is 10.00. The summed E-state index contributed by atoms with van der Waals surface area (Å²) in [5.74, 6) is -2.26. The molecule has 5 heteroatoms. The molecule has 3 N–H and O–H groups in total. The molecule has 92 valence electrons. The first-order valence-electron chi connectivity index (χ1n) is 5.42. The second kappa shape index (κ2) is 5.43. The van der Waals surface area contributed by atoms with Crippen molar-refractivity contribution in [3.8, 4) is 0 Å². The average Bonchev–Trinajstić information content (AvgIpc) is 2.30. The monoisotopic (exact) mass is 238 g/mol. The van der Waals surface area contributed by atoms with Crippen LogP contribution in [0.3, 0.4) is 0 Å². The van der Waals surface area contributed by atoms with Gasteiger partial charge in [0.25, 0.3) is 0 Å². The minimum Gasteiger partial charge on any atom is -0.361 e. The lowest BCUT2D eigenvalue weighted by Gasteiger charge is -2.13. The second-order valence-corrected chi connectivity index (χ2v) is 3.58. The number of benzene rings is 1. The van der Waals surface area contributed by atoms with Crippen LogP contribution < -0.4 is 11.1 Å². The zero-order valence-corrected chi connectivity index (χ0v) is 9.84. The molecule has 0 atom stereocenters. The van der Waals surface area contributed by atoms with Gasteiger partial charge in [0, 0.05) is 5.69 Å². The van der Waals surface area contributed by atoms with E-state index >= 15 is 0 Å². The number of carbonyl (C=O) groups excluding carboxylic acids is 2. The number of rotatable bonds is 3. The summed E-state index contributed by atoms with van der Waals surface area (Å²) in [5, 5.41) is 2.38. The first kappa shape index (κ1) is 13.2. The molecule has 1 aromatic rings. The SMILES string of the molecule is CCc1c(F)ccc(NC(=O)C(N)=O)c1CC. The van der Waals surface area contributed by atoms with E-state index in [1.165, 1.54) is 12.1 Å². The summed E-state index contributed by atoms with van der Waals surface area (Å²) in [6.45, 7) is 3.69. The third-order valence-electron chi connectivity index (χ3n) is 2.55. The standard InChI is InChI=1S/C12H15FN2O2/c1-3-7-8(4-2)10(6-5-9(7)13)15-12(17)11(14)16/h5-6H,3-4H2,1-2H3,(H2,14,16)(H,15,17). The van der Waals surface area contributed by atoms with Gasteiger partial charge in [-0.25, -0.2) is 4.39 Å². The van der Waals surface area contributed by atoms with Gasteiger partial charge in [-0.15, -0.1) is 0 Å². The first-order valence-corrected chi connectivity index (χ1v) is 5.42. The number of nitrogens with two attached hydrogens (primary N) is 1. The van der Waals surface area contributed by atoms with E-state index in [1.54, 1.807) is 0 Å². The smallest absolute Gasteiger partial charge is 0.313 e. The maximum absolute atomic E-state index is 13.5. The zero-order valence-electron chi connectivity index (χ0n) is 9.84. The number of hydrogen-bond acceptors (Lipinski definition) is 2. The molecule has 0 aliphatic carbocycles. The number of amides is 2. The molecule has 0 saturated carbocycles. The van der Waals surface area contributed by atoms with Gasteiger partial charge < -0.3 is 11.1 Å². The fourth-order valence-electron chi connectivity index (χ4n) is 1.75. The molecule has 0 aliphatic heterocycles. The van der Waals surface area contributed by atoms with Gasteiger partial charge in [-0.3, -0.25) is 9.59 Å². The van der Waals surface area contributed by atoms with E-state index in [0.29, 0.717) is 29.7 Å². The fourth-order valence-corrected chi connectivity index (χ4v) is 1.75. The summed E-state index contributed by atoms with van der Waals surface area (Å²) in [4.78, 5) is 21.8. The lowest BCUT2D eigenvalue weighted by Crippen LogP contribution is -2.30. The van der Waals surface area contributed by atoms with Crippen molar-refractivity contribution in [1.29, 1.82) is 0 Å². The Bertz CT molecular complexity index is 458. The van der Waals surface area contributed by atoms with Crippen molar-refractivity contribution in [2.75, 3.05) is 5.32 Å². The number of primary amides is 1. The Kier molecular flexibility index (Phi) is 4.20. The largest absolute Gasteiger partial charge is 0.361 e. The Morgan fingerprint density at radius 1 is 1.24 bits per heavy atom. The van der Waals surface area contributed by atoms with Gasteiger partial charge in [0.1, 0.15) is 5.82 Å². The van der Waals surface area contributed by atoms with Crippen LogP contribution in [0.5, 0.6) is 0 Å². The summed E-state index contributed by atoms with van der Waals surface area (Å²) >= 11 is 0. The van der Waals surface area contributed by atoms with Crippen LogP contribution in [0.15, 0.2) is 12.1 Å². The lowest BCUT2D eigenvalue weighted by molar-refractivity contribution is -0.134. The quantitative estimate of drug-likeness (QED) is 0.781. The van der Waals surface area contributed by atoms with Crippen LogP contribution in [0.4, 0.5) is 10.1 Å². The molecule has 0 bridgehead atoms. The predicted molar refractivity (Wildman–Crippen MR) is 63.0 cm³/mol. The maximum Gasteiger partial charge on any atom is 0.313 e. The topological polar surface area (TPSA) is 72.2 Å². The molecule has 1 rings (SSSR count). The predicted octanol–water partition coefficient (Wildman–Crippen LogP) is 1.37. The molecule has 4 nitrogen and oxygen atoms in total. The Hall–Kier alpha value is -1.91. The van der Waals surface area contributed by atoms with E-state index in [4.69, 9.17) is 5.73 Å². The Morgan fingerprint density at radius 2 is 1.82 bits per heavy atom. The summed E-state index contributed by atoms with van der Waals surface area (Å²) in [6, 6.07) is 2.71. The van der Waals surface area contributed by atoms with Crippen molar-refractivity contribution in [3.05, 3.63) is 29.1 Å². The van der Waals surface area contributed by atoms with E-state index in [9.17, 15) is 14.0 Å². The van der Waals surface area contributed by atoms with Crippen LogP contribution in [0.25, 0.3) is 0 Å². The highest BCUT2D eigenvalue weighted by Crippen LogP contribution is 2.24. The van der Waals surface area contributed by atoms with E-state index in [0.717, 1.165) is 0 Å². The van der Waals surface area contributed by atoms with Gasteiger partial charge in [-0.2, -0.15) is 0 Å². The van der Waals surface area contributed by atoms with Crippen molar-refractivity contribution in [2.24, 2.45) is 5.73 Å². The molecule has 0 heterocycles. The van der Waals surface area contributed by atoms with Gasteiger partial charge in [-0.05, 0) is 36.1 Å². The highest BCUT2D eigenvalue weighted by atomic mass is 19.1. The van der Waals surface area contributed by atoms with Gasteiger partial charge in [0.15, 0.2) is 0 Å². The number of nitrogens with one attached hydrogen (secondary N) is 1. The van der Waals surface area contributed by atoms with Crippen molar-refractivity contribution >= 4 is 17.5 Å². The third-order valence-corrected chi connectivity index (χ3v) is 2.55. The minimum absolute atomic E-state index is 0.304. The van der Waals surface area contributed by atoms with E-state index < -0.39 is 11.8 Å². The Morgan fingerprint density at radius 3 is 2.29 bits per heavy atom. The van der Waals surface area contributed by atoms with Gasteiger partial charge in [-0.1, -0.05) is 13.8 Å². The molecule has 0 aromatic heterocycles. The molecule has 0 saturated heterocycles. The molecule has 2 amide bonds. The number of halogens is 1. The maximum atomic E-state index is 13.5. The second-order valence-electron chi connectivity index (χ2n) is 3.58. The van der Waals surface area contributed by atoms with Gasteiger partial charge >= 0.3 is 11.8 Å². The molecular formula is C12H15FN2O2. The first-order chi connectivity index (χ1) is 8.01. The highest BCUT2D eigenvalue weighted by Gasteiger charge is 2.15. The summed E-state index contributed by atoms with van der Waals surface area (Å²) in [6.07, 6.45) is 1.09. The molecule has 1 aromatic carbocycles. The highest BCUT2D eigenvalue weighted by molar-refractivity contribution is 6.39. The Balaban J connectivity index is 3.16. The van der Waals surface area contributed by atoms with Crippen LogP contribution in [-0.4, -0.2) is 11.8 Å². The molecule has 0 radical (unpaired) electrons. The van der Waals surface area contributed by atoms with E-state index in [1.807, 2.05) is 13.8 Å². The van der Waals surface area contributed by atoms with Gasteiger partial charge in [0.05, 0.1) is 0 Å².